The fourth-order valence-corrected chi connectivity index (χ4v) is 2.89. The van der Waals surface area contributed by atoms with Crippen molar-refractivity contribution in [2.75, 3.05) is 6.61 Å². The number of pyridine rings is 2. The molecule has 0 aromatic carbocycles. The minimum atomic E-state index is -0.697. The van der Waals surface area contributed by atoms with E-state index in [1.54, 1.807) is 42.9 Å². The first-order chi connectivity index (χ1) is 12.5. The quantitative estimate of drug-likeness (QED) is 0.737. The zero-order valence-corrected chi connectivity index (χ0v) is 14.8. The second kappa shape index (κ2) is 7.61. The highest BCUT2D eigenvalue weighted by molar-refractivity contribution is 5.93. The van der Waals surface area contributed by atoms with E-state index < -0.39 is 17.9 Å². The Bertz CT molecular complexity index is 907. The molecule has 26 heavy (non-hydrogen) atoms. The molecule has 1 N–H and O–H groups in total. The molecule has 0 fully saturated rings. The SMILES string of the molecule is CC[C@@H](CO)N(Cc1ccncc1)C(=O)c1nc2cc(C)ccn2c1F. The van der Waals surface area contributed by atoms with E-state index in [-0.39, 0.29) is 18.8 Å². The molecule has 0 bridgehead atoms. The van der Waals surface area contributed by atoms with Crippen LogP contribution in [0.1, 0.15) is 35.0 Å². The maximum atomic E-state index is 14.8. The van der Waals surface area contributed by atoms with Gasteiger partial charge in [0.1, 0.15) is 5.65 Å². The molecule has 0 saturated heterocycles. The summed E-state index contributed by atoms with van der Waals surface area (Å²) in [7, 11) is 0. The van der Waals surface area contributed by atoms with Crippen molar-refractivity contribution in [3.63, 3.8) is 0 Å². The van der Waals surface area contributed by atoms with Crippen LogP contribution in [0.2, 0.25) is 0 Å². The molecule has 0 aliphatic rings. The van der Waals surface area contributed by atoms with Crippen molar-refractivity contribution < 1.29 is 14.3 Å². The average Bonchev–Trinajstić information content (AvgIpc) is 2.98. The van der Waals surface area contributed by atoms with E-state index in [0.717, 1.165) is 11.1 Å². The largest absolute Gasteiger partial charge is 0.394 e. The third kappa shape index (κ3) is 3.43. The predicted molar refractivity (Wildman–Crippen MR) is 95.2 cm³/mol. The molecule has 3 heterocycles. The van der Waals surface area contributed by atoms with Gasteiger partial charge in [-0.15, -0.1) is 0 Å². The average molecular weight is 356 g/mol. The van der Waals surface area contributed by atoms with Gasteiger partial charge in [0, 0.05) is 25.1 Å². The third-order valence-electron chi connectivity index (χ3n) is 4.41. The monoisotopic (exact) mass is 356 g/mol. The van der Waals surface area contributed by atoms with E-state index in [1.807, 2.05) is 13.8 Å². The van der Waals surface area contributed by atoms with Gasteiger partial charge in [-0.1, -0.05) is 6.92 Å². The zero-order chi connectivity index (χ0) is 18.7. The first-order valence-electron chi connectivity index (χ1n) is 8.50. The predicted octanol–water partition coefficient (Wildman–Crippen LogP) is 2.59. The summed E-state index contributed by atoms with van der Waals surface area (Å²) in [6.45, 7) is 3.79. The Morgan fingerprint density at radius 3 is 2.73 bits per heavy atom. The van der Waals surface area contributed by atoms with Crippen LogP contribution in [0.4, 0.5) is 4.39 Å². The molecule has 1 amide bonds. The molecule has 0 spiro atoms. The first kappa shape index (κ1) is 18.0. The van der Waals surface area contributed by atoms with Crippen LogP contribution < -0.4 is 0 Å². The van der Waals surface area contributed by atoms with Crippen LogP contribution in [0.25, 0.3) is 5.65 Å². The van der Waals surface area contributed by atoms with Crippen molar-refractivity contribution in [3.8, 4) is 0 Å². The lowest BCUT2D eigenvalue weighted by molar-refractivity contribution is 0.0553. The Morgan fingerprint density at radius 2 is 2.08 bits per heavy atom. The van der Waals surface area contributed by atoms with Gasteiger partial charge in [0.05, 0.1) is 12.6 Å². The second-order valence-electron chi connectivity index (χ2n) is 6.22. The van der Waals surface area contributed by atoms with Crippen molar-refractivity contribution in [1.82, 2.24) is 19.3 Å². The van der Waals surface area contributed by atoms with E-state index in [9.17, 15) is 14.3 Å². The summed E-state index contributed by atoms with van der Waals surface area (Å²) in [4.78, 5) is 22.7. The molecule has 3 aromatic rings. The summed E-state index contributed by atoms with van der Waals surface area (Å²) in [5.74, 6) is -1.24. The molecule has 6 nitrogen and oxygen atoms in total. The van der Waals surface area contributed by atoms with Crippen LogP contribution in [0.3, 0.4) is 0 Å². The van der Waals surface area contributed by atoms with E-state index in [0.29, 0.717) is 12.1 Å². The minimum Gasteiger partial charge on any atom is -0.394 e. The summed E-state index contributed by atoms with van der Waals surface area (Å²) in [6, 6.07) is 6.61. The number of imidazole rings is 1. The maximum absolute atomic E-state index is 14.8. The van der Waals surface area contributed by atoms with Crippen molar-refractivity contribution in [3.05, 3.63) is 65.6 Å². The molecule has 0 aliphatic carbocycles. The maximum Gasteiger partial charge on any atom is 0.277 e. The molecule has 0 aliphatic heterocycles. The molecular weight excluding hydrogens is 335 g/mol. The second-order valence-corrected chi connectivity index (χ2v) is 6.22. The van der Waals surface area contributed by atoms with E-state index >= 15 is 0 Å². The van der Waals surface area contributed by atoms with E-state index in [2.05, 4.69) is 9.97 Å². The van der Waals surface area contributed by atoms with E-state index in [1.165, 1.54) is 9.30 Å². The van der Waals surface area contributed by atoms with Gasteiger partial charge in [0.15, 0.2) is 5.69 Å². The number of aliphatic hydroxyl groups excluding tert-OH is 1. The fraction of sp³-hybridized carbons (Fsp3) is 0.316. The molecule has 1 atom stereocenters. The topological polar surface area (TPSA) is 70.7 Å². The normalized spacial score (nSPS) is 12.3. The molecule has 7 heteroatoms. The number of hydrogen-bond acceptors (Lipinski definition) is 4. The molecule has 3 aromatic heterocycles. The molecule has 0 radical (unpaired) electrons. The van der Waals surface area contributed by atoms with Crippen LogP contribution in [-0.2, 0) is 6.54 Å². The number of aromatic nitrogens is 3. The number of aliphatic hydroxyl groups is 1. The van der Waals surface area contributed by atoms with Gasteiger partial charge in [0.2, 0.25) is 5.95 Å². The number of carbonyl (C=O) groups excluding carboxylic acids is 1. The fourth-order valence-electron chi connectivity index (χ4n) is 2.89. The number of nitrogens with zero attached hydrogens (tertiary/aromatic N) is 4. The highest BCUT2D eigenvalue weighted by Gasteiger charge is 2.28. The molecule has 3 rings (SSSR count). The Kier molecular flexibility index (Phi) is 5.27. The van der Waals surface area contributed by atoms with Gasteiger partial charge in [0.25, 0.3) is 5.91 Å². The third-order valence-corrected chi connectivity index (χ3v) is 4.41. The molecule has 0 unspecified atom stereocenters. The minimum absolute atomic E-state index is 0.207. The molecule has 0 saturated carbocycles. The Labute approximate surface area is 150 Å². The van der Waals surface area contributed by atoms with Crippen LogP contribution in [0, 0.1) is 12.9 Å². The van der Waals surface area contributed by atoms with Crippen LogP contribution in [-0.4, -0.2) is 42.9 Å². The van der Waals surface area contributed by atoms with Gasteiger partial charge in [-0.05, 0) is 48.7 Å². The number of rotatable bonds is 6. The lowest BCUT2D eigenvalue weighted by atomic mass is 10.1. The Balaban J connectivity index is 2.00. The lowest BCUT2D eigenvalue weighted by Gasteiger charge is -2.29. The van der Waals surface area contributed by atoms with Crippen molar-refractivity contribution in [1.29, 1.82) is 0 Å². The summed E-state index contributed by atoms with van der Waals surface area (Å²) in [6.07, 6.45) is 5.36. The number of fused-ring (bicyclic) bond motifs is 1. The Morgan fingerprint density at radius 1 is 1.35 bits per heavy atom. The summed E-state index contributed by atoms with van der Waals surface area (Å²) in [5.41, 5.74) is 1.92. The highest BCUT2D eigenvalue weighted by atomic mass is 19.1. The zero-order valence-electron chi connectivity index (χ0n) is 14.8. The van der Waals surface area contributed by atoms with Crippen molar-refractivity contribution in [2.45, 2.75) is 32.9 Å². The van der Waals surface area contributed by atoms with Crippen LogP contribution in [0.15, 0.2) is 42.9 Å². The number of aryl methyl sites for hydroxylation is 1. The van der Waals surface area contributed by atoms with Gasteiger partial charge < -0.3 is 10.0 Å². The van der Waals surface area contributed by atoms with Gasteiger partial charge >= 0.3 is 0 Å². The van der Waals surface area contributed by atoms with E-state index in [4.69, 9.17) is 0 Å². The van der Waals surface area contributed by atoms with Gasteiger partial charge in [-0.3, -0.25) is 14.2 Å². The smallest absolute Gasteiger partial charge is 0.277 e. The van der Waals surface area contributed by atoms with Gasteiger partial charge in [-0.2, -0.15) is 4.39 Å². The summed E-state index contributed by atoms with van der Waals surface area (Å²) >= 11 is 0. The molecular formula is C19H21FN4O2. The number of amides is 1. The summed E-state index contributed by atoms with van der Waals surface area (Å²) in [5, 5.41) is 9.69. The Hall–Kier alpha value is -2.80. The summed E-state index contributed by atoms with van der Waals surface area (Å²) < 4.78 is 16.0. The molecule has 136 valence electrons. The lowest BCUT2D eigenvalue weighted by Crippen LogP contribution is -2.42. The standard InChI is InChI=1S/C19H21FN4O2/c1-3-15(12-25)24(11-14-4-7-21-8-5-14)19(26)17-18(20)23-9-6-13(2)10-16(23)22-17/h4-10,15,25H,3,11-12H2,1-2H3/t15-/m0/s1. The number of carbonyl (C=O) groups is 1. The van der Waals surface area contributed by atoms with Crippen LogP contribution in [0.5, 0.6) is 0 Å². The number of halogens is 1. The van der Waals surface area contributed by atoms with Crippen molar-refractivity contribution in [2.24, 2.45) is 0 Å². The first-order valence-corrected chi connectivity index (χ1v) is 8.50. The number of hydrogen-bond donors (Lipinski definition) is 1. The van der Waals surface area contributed by atoms with Crippen LogP contribution >= 0.6 is 0 Å². The van der Waals surface area contributed by atoms with Crippen molar-refractivity contribution >= 4 is 11.6 Å². The van der Waals surface area contributed by atoms with Gasteiger partial charge in [-0.25, -0.2) is 4.98 Å². The highest BCUT2D eigenvalue weighted by Crippen LogP contribution is 2.19.